The van der Waals surface area contributed by atoms with Gasteiger partial charge in [0, 0.05) is 23.3 Å². The van der Waals surface area contributed by atoms with Gasteiger partial charge in [-0.05, 0) is 18.6 Å². The molecule has 0 atom stereocenters. The molecule has 0 amide bonds. The molecule has 3 aromatic rings. The zero-order valence-electron chi connectivity index (χ0n) is 16.2. The summed E-state index contributed by atoms with van der Waals surface area (Å²) in [6, 6.07) is 15.3. The standard InChI is InChI=1S/C22H21N3O3/c1-13-7-5-6-8-15(13)18-11-16(17(12-23)22(24)25-18)21-19(27-3)9-14(26-2)10-20(21)28-4/h5-11H,1-4H3,(H2,24,25). The predicted molar refractivity (Wildman–Crippen MR) is 109 cm³/mol. The smallest absolute Gasteiger partial charge is 0.142 e. The molecule has 1 aromatic heterocycles. The van der Waals surface area contributed by atoms with Crippen LogP contribution in [0.25, 0.3) is 22.4 Å². The first-order chi connectivity index (χ1) is 13.5. The summed E-state index contributed by atoms with van der Waals surface area (Å²) in [5, 5.41) is 9.73. The minimum Gasteiger partial charge on any atom is -0.496 e. The zero-order valence-corrected chi connectivity index (χ0v) is 16.2. The Hall–Kier alpha value is -3.72. The number of benzene rings is 2. The van der Waals surface area contributed by atoms with Crippen molar-refractivity contribution < 1.29 is 14.2 Å². The lowest BCUT2D eigenvalue weighted by atomic mass is 9.95. The van der Waals surface area contributed by atoms with Crippen LogP contribution in [0.4, 0.5) is 5.82 Å². The molecule has 0 spiro atoms. The van der Waals surface area contributed by atoms with Gasteiger partial charge in [-0.1, -0.05) is 24.3 Å². The number of nitriles is 1. The number of rotatable bonds is 5. The largest absolute Gasteiger partial charge is 0.496 e. The van der Waals surface area contributed by atoms with Crippen molar-refractivity contribution in [3.63, 3.8) is 0 Å². The molecule has 0 bridgehead atoms. The molecular formula is C22H21N3O3. The van der Waals surface area contributed by atoms with Crippen LogP contribution in [0.5, 0.6) is 17.2 Å². The third kappa shape index (κ3) is 3.30. The van der Waals surface area contributed by atoms with Crippen molar-refractivity contribution in [1.82, 2.24) is 4.98 Å². The SMILES string of the molecule is COc1cc(OC)c(-c2cc(-c3ccccc3C)nc(N)c2C#N)c(OC)c1. The van der Waals surface area contributed by atoms with Crippen molar-refractivity contribution in [1.29, 1.82) is 5.26 Å². The van der Waals surface area contributed by atoms with Crippen LogP contribution < -0.4 is 19.9 Å². The summed E-state index contributed by atoms with van der Waals surface area (Å²) in [5.74, 6) is 1.75. The molecule has 0 saturated heterocycles. The molecular weight excluding hydrogens is 354 g/mol. The first kappa shape index (κ1) is 19.1. The number of ether oxygens (including phenoxy) is 3. The molecule has 2 N–H and O–H groups in total. The zero-order chi connectivity index (χ0) is 20.3. The Morgan fingerprint density at radius 3 is 2.11 bits per heavy atom. The molecule has 0 radical (unpaired) electrons. The molecule has 0 aliphatic carbocycles. The Bertz CT molecular complexity index is 1050. The molecule has 0 unspecified atom stereocenters. The summed E-state index contributed by atoms with van der Waals surface area (Å²) in [5.41, 5.74) is 10.3. The minimum absolute atomic E-state index is 0.151. The van der Waals surface area contributed by atoms with E-state index in [9.17, 15) is 5.26 Å². The summed E-state index contributed by atoms with van der Waals surface area (Å²) < 4.78 is 16.4. The Labute approximate surface area is 164 Å². The monoisotopic (exact) mass is 375 g/mol. The molecule has 28 heavy (non-hydrogen) atoms. The van der Waals surface area contributed by atoms with Gasteiger partial charge in [-0.15, -0.1) is 0 Å². The molecule has 0 aliphatic rings. The summed E-state index contributed by atoms with van der Waals surface area (Å²) in [6.45, 7) is 2.00. The fraction of sp³-hybridized carbons (Fsp3) is 0.182. The fourth-order valence-corrected chi connectivity index (χ4v) is 3.15. The summed E-state index contributed by atoms with van der Waals surface area (Å²) >= 11 is 0. The van der Waals surface area contributed by atoms with Crippen molar-refractivity contribution in [3.05, 3.63) is 53.6 Å². The first-order valence-electron chi connectivity index (χ1n) is 8.61. The Morgan fingerprint density at radius 1 is 0.929 bits per heavy atom. The number of nitrogens with two attached hydrogens (primary N) is 1. The highest BCUT2D eigenvalue weighted by Crippen LogP contribution is 2.44. The number of nitrogens with zero attached hydrogens (tertiary/aromatic N) is 2. The van der Waals surface area contributed by atoms with Gasteiger partial charge in [-0.2, -0.15) is 5.26 Å². The highest BCUT2D eigenvalue weighted by atomic mass is 16.5. The average Bonchev–Trinajstić information content (AvgIpc) is 2.72. The van der Waals surface area contributed by atoms with Crippen LogP contribution in [0.2, 0.25) is 0 Å². The molecule has 1 heterocycles. The molecule has 0 aliphatic heterocycles. The summed E-state index contributed by atoms with van der Waals surface area (Å²) in [6.07, 6.45) is 0. The number of anilines is 1. The van der Waals surface area contributed by atoms with Crippen molar-refractivity contribution >= 4 is 5.82 Å². The third-order valence-electron chi connectivity index (χ3n) is 4.56. The van der Waals surface area contributed by atoms with E-state index in [1.165, 1.54) is 0 Å². The van der Waals surface area contributed by atoms with Gasteiger partial charge in [0.2, 0.25) is 0 Å². The van der Waals surface area contributed by atoms with Gasteiger partial charge in [0.1, 0.15) is 34.7 Å². The highest BCUT2D eigenvalue weighted by Gasteiger charge is 2.22. The molecule has 6 heteroatoms. The molecule has 2 aromatic carbocycles. The van der Waals surface area contributed by atoms with Crippen molar-refractivity contribution in [3.8, 4) is 45.7 Å². The number of hydrogen-bond acceptors (Lipinski definition) is 6. The maximum atomic E-state index is 9.73. The molecule has 142 valence electrons. The second-order valence-electron chi connectivity index (χ2n) is 6.15. The van der Waals surface area contributed by atoms with Gasteiger partial charge in [0.25, 0.3) is 0 Å². The van der Waals surface area contributed by atoms with Crippen LogP contribution in [0.3, 0.4) is 0 Å². The van der Waals surface area contributed by atoms with Gasteiger partial charge < -0.3 is 19.9 Å². The molecule has 3 rings (SSSR count). The van der Waals surface area contributed by atoms with Crippen molar-refractivity contribution in [2.45, 2.75) is 6.92 Å². The maximum absolute atomic E-state index is 9.73. The van der Waals surface area contributed by atoms with Crippen LogP contribution in [0, 0.1) is 18.3 Å². The van der Waals surface area contributed by atoms with Crippen LogP contribution >= 0.6 is 0 Å². The van der Waals surface area contributed by atoms with Gasteiger partial charge in [-0.3, -0.25) is 0 Å². The van der Waals surface area contributed by atoms with E-state index in [4.69, 9.17) is 19.9 Å². The van der Waals surface area contributed by atoms with Gasteiger partial charge in [-0.25, -0.2) is 4.98 Å². The third-order valence-corrected chi connectivity index (χ3v) is 4.56. The van der Waals surface area contributed by atoms with E-state index < -0.39 is 0 Å². The van der Waals surface area contributed by atoms with E-state index in [-0.39, 0.29) is 11.4 Å². The Morgan fingerprint density at radius 2 is 1.57 bits per heavy atom. The lowest BCUT2D eigenvalue weighted by Crippen LogP contribution is -2.02. The van der Waals surface area contributed by atoms with E-state index in [1.54, 1.807) is 33.5 Å². The van der Waals surface area contributed by atoms with E-state index >= 15 is 0 Å². The van der Waals surface area contributed by atoms with E-state index in [0.29, 0.717) is 34.1 Å². The molecule has 6 nitrogen and oxygen atoms in total. The lowest BCUT2D eigenvalue weighted by Gasteiger charge is -2.18. The highest BCUT2D eigenvalue weighted by molar-refractivity contribution is 5.87. The maximum Gasteiger partial charge on any atom is 0.142 e. The van der Waals surface area contributed by atoms with E-state index in [2.05, 4.69) is 11.1 Å². The number of nitrogen functional groups attached to an aromatic ring is 1. The fourth-order valence-electron chi connectivity index (χ4n) is 3.15. The molecule has 0 saturated carbocycles. The lowest BCUT2D eigenvalue weighted by molar-refractivity contribution is 0.377. The van der Waals surface area contributed by atoms with Gasteiger partial charge in [0.05, 0.1) is 32.6 Å². The topological polar surface area (TPSA) is 90.4 Å². The Kier molecular flexibility index (Phi) is 5.37. The van der Waals surface area contributed by atoms with Gasteiger partial charge in [0.15, 0.2) is 0 Å². The van der Waals surface area contributed by atoms with Crippen LogP contribution in [0.15, 0.2) is 42.5 Å². The van der Waals surface area contributed by atoms with Gasteiger partial charge >= 0.3 is 0 Å². The minimum atomic E-state index is 0.151. The quantitative estimate of drug-likeness (QED) is 0.719. The summed E-state index contributed by atoms with van der Waals surface area (Å²) in [4.78, 5) is 4.45. The second-order valence-corrected chi connectivity index (χ2v) is 6.15. The summed E-state index contributed by atoms with van der Waals surface area (Å²) in [7, 11) is 4.67. The normalized spacial score (nSPS) is 10.2. The second kappa shape index (κ2) is 7.89. The van der Waals surface area contributed by atoms with Crippen LogP contribution in [-0.4, -0.2) is 26.3 Å². The molecule has 0 fully saturated rings. The predicted octanol–water partition coefficient (Wildman–Crippen LogP) is 4.20. The Balaban J connectivity index is 2.37. The number of pyridine rings is 1. The van der Waals surface area contributed by atoms with Crippen LogP contribution in [0.1, 0.15) is 11.1 Å². The number of methoxy groups -OCH3 is 3. The number of hydrogen-bond donors (Lipinski definition) is 1. The van der Waals surface area contributed by atoms with Crippen molar-refractivity contribution in [2.24, 2.45) is 0 Å². The first-order valence-corrected chi connectivity index (χ1v) is 8.61. The van der Waals surface area contributed by atoms with E-state index in [1.807, 2.05) is 37.3 Å². The average molecular weight is 375 g/mol. The van der Waals surface area contributed by atoms with E-state index in [0.717, 1.165) is 11.1 Å². The number of aryl methyl sites for hydroxylation is 1. The van der Waals surface area contributed by atoms with Crippen molar-refractivity contribution in [2.75, 3.05) is 27.1 Å². The van der Waals surface area contributed by atoms with Crippen LogP contribution in [-0.2, 0) is 0 Å². The number of aromatic nitrogens is 1.